The van der Waals surface area contributed by atoms with Crippen molar-refractivity contribution in [2.24, 2.45) is 4.40 Å². The lowest BCUT2D eigenvalue weighted by Gasteiger charge is -2.15. The van der Waals surface area contributed by atoms with Gasteiger partial charge in [-0.05, 0) is 63.4 Å². The highest BCUT2D eigenvalue weighted by molar-refractivity contribution is 7.99. The van der Waals surface area contributed by atoms with Gasteiger partial charge in [0.15, 0.2) is 0 Å². The summed E-state index contributed by atoms with van der Waals surface area (Å²) in [5.41, 5.74) is 3.25. The third-order valence-electron chi connectivity index (χ3n) is 3.85. The number of hydrogen-bond acceptors (Lipinski definition) is 3. The Bertz CT molecular complexity index is 1030. The first-order chi connectivity index (χ1) is 12.3. The minimum atomic E-state index is -0.444. The van der Waals surface area contributed by atoms with Crippen molar-refractivity contribution in [1.82, 2.24) is 4.40 Å². The lowest BCUT2D eigenvalue weighted by Crippen LogP contribution is -2.20. The molecule has 3 aromatic rings. The molecule has 134 valence electrons. The fourth-order valence-corrected chi connectivity index (χ4v) is 3.17. The normalized spacial score (nSPS) is 12.6. The Morgan fingerprint density at radius 2 is 1.81 bits per heavy atom. The molecule has 0 aliphatic heterocycles. The third-order valence-corrected chi connectivity index (χ3v) is 4.76. The number of halogens is 1. The number of nitrogens with zero attached hydrogens (tertiary/aromatic N) is 2. The van der Waals surface area contributed by atoms with Crippen molar-refractivity contribution in [1.29, 1.82) is 0 Å². The Balaban J connectivity index is 2.30. The highest BCUT2D eigenvalue weighted by atomic mass is 32.2. The van der Waals surface area contributed by atoms with Crippen LogP contribution >= 0.6 is 11.9 Å². The molecule has 0 amide bonds. The van der Waals surface area contributed by atoms with Gasteiger partial charge < -0.3 is 0 Å². The maximum Gasteiger partial charge on any atom is 0.263 e. The molecular formula is C21H21FN2OS. The van der Waals surface area contributed by atoms with Crippen molar-refractivity contribution in [3.63, 3.8) is 0 Å². The Labute approximate surface area is 156 Å². The van der Waals surface area contributed by atoms with Crippen molar-refractivity contribution in [3.8, 4) is 11.1 Å². The van der Waals surface area contributed by atoms with Crippen LogP contribution in [0, 0.1) is 5.82 Å². The molecule has 0 N–H and O–H groups in total. The summed E-state index contributed by atoms with van der Waals surface area (Å²) in [6.45, 7) is 8.17. The molecule has 5 heteroatoms. The Kier molecular flexibility index (Phi) is 5.01. The third kappa shape index (κ3) is 3.88. The van der Waals surface area contributed by atoms with Crippen LogP contribution < -0.4 is 5.56 Å². The summed E-state index contributed by atoms with van der Waals surface area (Å²) in [6.07, 6.45) is 1.23. The number of aromatic nitrogens is 1. The summed E-state index contributed by atoms with van der Waals surface area (Å²) in [6, 6.07) is 14.3. The van der Waals surface area contributed by atoms with Crippen molar-refractivity contribution >= 4 is 23.2 Å². The first-order valence-corrected chi connectivity index (χ1v) is 9.17. The van der Waals surface area contributed by atoms with Crippen LogP contribution in [0.3, 0.4) is 0 Å². The topological polar surface area (TPSA) is 33.8 Å². The van der Waals surface area contributed by atoms with Gasteiger partial charge in [0.2, 0.25) is 0 Å². The number of hydrogen-bond donors (Lipinski definition) is 0. The van der Waals surface area contributed by atoms with Gasteiger partial charge in [-0.15, -0.1) is 0 Å². The highest BCUT2D eigenvalue weighted by Crippen LogP contribution is 2.28. The maximum absolute atomic E-state index is 13.7. The summed E-state index contributed by atoms with van der Waals surface area (Å²) in [7, 11) is 0. The summed E-state index contributed by atoms with van der Waals surface area (Å²) < 4.78 is 19.6. The molecular weight excluding hydrogens is 347 g/mol. The van der Waals surface area contributed by atoms with E-state index in [0.29, 0.717) is 11.1 Å². The molecule has 0 saturated carbocycles. The van der Waals surface area contributed by atoms with E-state index in [1.165, 1.54) is 28.6 Å². The molecule has 0 spiro atoms. The van der Waals surface area contributed by atoms with E-state index >= 15 is 0 Å². The average molecular weight is 368 g/mol. The van der Waals surface area contributed by atoms with Crippen LogP contribution in [0.1, 0.15) is 33.3 Å². The SMILES string of the molecule is CC(=NSC(C)(C)C)c1cc2ccc(F)cn2c(=O)c1-c1ccccc1. The minimum Gasteiger partial charge on any atom is -0.281 e. The second kappa shape index (κ2) is 7.08. The molecule has 3 rings (SSSR count). The number of pyridine rings is 2. The van der Waals surface area contributed by atoms with Crippen LogP contribution in [-0.4, -0.2) is 14.9 Å². The van der Waals surface area contributed by atoms with E-state index < -0.39 is 5.82 Å². The van der Waals surface area contributed by atoms with E-state index in [1.807, 2.05) is 43.3 Å². The summed E-state index contributed by atoms with van der Waals surface area (Å²) in [5, 5.41) is 0. The van der Waals surface area contributed by atoms with Crippen molar-refractivity contribution < 1.29 is 4.39 Å². The molecule has 0 aliphatic rings. The van der Waals surface area contributed by atoms with Crippen LogP contribution in [0.4, 0.5) is 4.39 Å². The van der Waals surface area contributed by atoms with Gasteiger partial charge in [0.25, 0.3) is 5.56 Å². The fraction of sp³-hybridized carbons (Fsp3) is 0.238. The number of fused-ring (bicyclic) bond motifs is 1. The second-order valence-electron chi connectivity index (χ2n) is 7.13. The van der Waals surface area contributed by atoms with Gasteiger partial charge in [-0.1, -0.05) is 30.3 Å². The lowest BCUT2D eigenvalue weighted by molar-refractivity contribution is 0.618. The molecule has 2 heterocycles. The van der Waals surface area contributed by atoms with Crippen LogP contribution in [0.5, 0.6) is 0 Å². The van der Waals surface area contributed by atoms with E-state index in [1.54, 1.807) is 6.07 Å². The van der Waals surface area contributed by atoms with E-state index in [0.717, 1.165) is 16.8 Å². The standard InChI is InChI=1S/C21H21FN2OS/c1-14(23-26-21(2,3)4)18-12-17-11-10-16(22)13-24(17)20(25)19(18)15-8-6-5-7-9-15/h5-13H,1-4H3. The maximum atomic E-state index is 13.7. The monoisotopic (exact) mass is 368 g/mol. The zero-order valence-corrected chi connectivity index (χ0v) is 16.1. The van der Waals surface area contributed by atoms with E-state index in [4.69, 9.17) is 0 Å². The highest BCUT2D eigenvalue weighted by Gasteiger charge is 2.17. The first kappa shape index (κ1) is 18.4. The van der Waals surface area contributed by atoms with Crippen molar-refractivity contribution in [2.45, 2.75) is 32.4 Å². The average Bonchev–Trinajstić information content (AvgIpc) is 2.60. The number of rotatable bonds is 3. The zero-order valence-electron chi connectivity index (χ0n) is 15.3. The van der Waals surface area contributed by atoms with Crippen LogP contribution in [0.2, 0.25) is 0 Å². The Morgan fingerprint density at radius 1 is 1.12 bits per heavy atom. The minimum absolute atomic E-state index is 0.0246. The van der Waals surface area contributed by atoms with Gasteiger partial charge >= 0.3 is 0 Å². The second-order valence-corrected chi connectivity index (χ2v) is 8.72. The van der Waals surface area contributed by atoms with Gasteiger partial charge in [0, 0.05) is 22.0 Å². The predicted octanol–water partition coefficient (Wildman–Crippen LogP) is 5.36. The van der Waals surface area contributed by atoms with Crippen LogP contribution in [0.15, 0.2) is 63.9 Å². The van der Waals surface area contributed by atoms with Gasteiger partial charge in [-0.3, -0.25) is 9.20 Å². The predicted molar refractivity (Wildman–Crippen MR) is 109 cm³/mol. The molecule has 3 nitrogen and oxygen atoms in total. The largest absolute Gasteiger partial charge is 0.281 e. The van der Waals surface area contributed by atoms with Gasteiger partial charge in [-0.2, -0.15) is 0 Å². The van der Waals surface area contributed by atoms with Crippen molar-refractivity contribution in [2.75, 3.05) is 0 Å². The molecule has 0 unspecified atom stereocenters. The fourth-order valence-electron chi connectivity index (χ4n) is 2.66. The van der Waals surface area contributed by atoms with E-state index in [9.17, 15) is 9.18 Å². The molecule has 0 atom stereocenters. The molecule has 0 radical (unpaired) electrons. The summed E-state index contributed by atoms with van der Waals surface area (Å²) >= 11 is 1.47. The summed E-state index contributed by atoms with van der Waals surface area (Å²) in [5.74, 6) is -0.444. The molecule has 0 bridgehead atoms. The van der Waals surface area contributed by atoms with Crippen molar-refractivity contribution in [3.05, 3.63) is 76.5 Å². The van der Waals surface area contributed by atoms with E-state index in [2.05, 4.69) is 25.2 Å². The lowest BCUT2D eigenvalue weighted by atomic mass is 9.98. The molecule has 0 fully saturated rings. The molecule has 0 aliphatic carbocycles. The smallest absolute Gasteiger partial charge is 0.263 e. The molecule has 0 saturated heterocycles. The van der Waals surface area contributed by atoms with Gasteiger partial charge in [0.1, 0.15) is 5.82 Å². The Hall–Kier alpha value is -2.40. The zero-order chi connectivity index (χ0) is 18.9. The first-order valence-electron chi connectivity index (χ1n) is 8.40. The van der Waals surface area contributed by atoms with Gasteiger partial charge in [-0.25, -0.2) is 8.79 Å². The summed E-state index contributed by atoms with van der Waals surface area (Å²) in [4.78, 5) is 13.1. The van der Waals surface area contributed by atoms with Gasteiger partial charge in [0.05, 0.1) is 11.3 Å². The quantitative estimate of drug-likeness (QED) is 0.460. The molecule has 2 aromatic heterocycles. The van der Waals surface area contributed by atoms with Crippen LogP contribution in [-0.2, 0) is 0 Å². The van der Waals surface area contributed by atoms with E-state index in [-0.39, 0.29) is 10.3 Å². The molecule has 1 aromatic carbocycles. The molecule has 26 heavy (non-hydrogen) atoms. The number of benzene rings is 1. The van der Waals surface area contributed by atoms with Crippen LogP contribution in [0.25, 0.3) is 16.6 Å². The Morgan fingerprint density at radius 3 is 2.46 bits per heavy atom.